The second kappa shape index (κ2) is 10.7. The minimum absolute atomic E-state index is 0.360. The molecule has 1 rings (SSSR count). The van der Waals surface area contributed by atoms with Crippen LogP contribution in [-0.2, 0) is 0 Å². The summed E-state index contributed by atoms with van der Waals surface area (Å²) in [6.45, 7) is 5.51. The minimum Gasteiger partial charge on any atom is -0.309 e. The summed E-state index contributed by atoms with van der Waals surface area (Å²) in [6, 6.07) is 2.44. The van der Waals surface area contributed by atoms with Crippen LogP contribution in [0.25, 0.3) is 0 Å². The van der Waals surface area contributed by atoms with Gasteiger partial charge in [-0.2, -0.15) is 0 Å². The Balaban J connectivity index is 2.58. The number of hydrogen-bond donors (Lipinski definition) is 1. The lowest BCUT2D eigenvalue weighted by molar-refractivity contribution is 0.458. The predicted octanol–water partition coefficient (Wildman–Crippen LogP) is 6.01. The second-order valence-electron chi connectivity index (χ2n) is 5.23. The quantitative estimate of drug-likeness (QED) is 0.482. The van der Waals surface area contributed by atoms with Crippen LogP contribution in [0.4, 0.5) is 0 Å². The van der Waals surface area contributed by atoms with E-state index in [1.165, 1.54) is 32.1 Å². The summed E-state index contributed by atoms with van der Waals surface area (Å²) in [5.41, 5.74) is 1.14. The molecule has 20 heavy (non-hydrogen) atoms. The highest BCUT2D eigenvalue weighted by Gasteiger charge is 2.15. The van der Waals surface area contributed by atoms with Gasteiger partial charge in [-0.3, -0.25) is 4.98 Å². The van der Waals surface area contributed by atoms with Gasteiger partial charge in [-0.05, 0) is 57.3 Å². The van der Waals surface area contributed by atoms with Crippen molar-refractivity contribution in [3.8, 4) is 0 Å². The Labute approximate surface area is 140 Å². The molecule has 1 unspecified atom stereocenters. The Morgan fingerprint density at radius 1 is 1.10 bits per heavy atom. The first-order valence-electron chi connectivity index (χ1n) is 7.73. The van der Waals surface area contributed by atoms with E-state index in [0.29, 0.717) is 6.04 Å². The zero-order chi connectivity index (χ0) is 14.8. The molecule has 114 valence electrons. The van der Waals surface area contributed by atoms with Crippen LogP contribution in [0, 0.1) is 0 Å². The van der Waals surface area contributed by atoms with Gasteiger partial charge in [-0.15, -0.1) is 0 Å². The molecule has 0 saturated heterocycles. The third-order valence-electron chi connectivity index (χ3n) is 3.40. The fraction of sp³-hybridized carbons (Fsp3) is 0.688. The van der Waals surface area contributed by atoms with E-state index >= 15 is 0 Å². The summed E-state index contributed by atoms with van der Waals surface area (Å²) in [5.74, 6) is 0. The lowest BCUT2D eigenvalue weighted by Gasteiger charge is -2.19. The number of rotatable bonds is 10. The Hall–Kier alpha value is 0.0700. The lowest BCUT2D eigenvalue weighted by Crippen LogP contribution is -2.23. The van der Waals surface area contributed by atoms with Crippen molar-refractivity contribution < 1.29 is 0 Å². The van der Waals surface area contributed by atoms with Gasteiger partial charge in [0.1, 0.15) is 0 Å². The van der Waals surface area contributed by atoms with Gasteiger partial charge in [0.05, 0.1) is 11.7 Å². The molecule has 0 aliphatic heterocycles. The zero-order valence-electron chi connectivity index (χ0n) is 12.6. The third-order valence-corrected chi connectivity index (χ3v) is 4.47. The van der Waals surface area contributed by atoms with Crippen molar-refractivity contribution in [3.05, 3.63) is 26.9 Å². The van der Waals surface area contributed by atoms with Gasteiger partial charge in [-0.1, -0.05) is 46.0 Å². The molecule has 2 nitrogen and oxygen atoms in total. The highest BCUT2D eigenvalue weighted by Crippen LogP contribution is 2.27. The standard InChI is InChI=1S/C16H26Br2N2/c1-3-5-6-7-8-9-15(19-10-4-2)16-14(18)11-13(17)12-20-16/h11-12,15,19H,3-10H2,1-2H3. The van der Waals surface area contributed by atoms with Crippen molar-refractivity contribution >= 4 is 31.9 Å². The molecule has 1 aromatic heterocycles. The maximum absolute atomic E-state index is 4.59. The van der Waals surface area contributed by atoms with Gasteiger partial charge in [0.25, 0.3) is 0 Å². The molecule has 1 N–H and O–H groups in total. The van der Waals surface area contributed by atoms with E-state index in [4.69, 9.17) is 0 Å². The van der Waals surface area contributed by atoms with Crippen LogP contribution in [0.15, 0.2) is 21.2 Å². The summed E-state index contributed by atoms with van der Waals surface area (Å²) >= 11 is 7.11. The first-order chi connectivity index (χ1) is 9.69. The molecule has 0 bridgehead atoms. The van der Waals surface area contributed by atoms with Crippen LogP contribution in [-0.4, -0.2) is 11.5 Å². The lowest BCUT2D eigenvalue weighted by atomic mass is 10.0. The fourth-order valence-corrected chi connectivity index (χ4v) is 3.55. The highest BCUT2D eigenvalue weighted by atomic mass is 79.9. The molecular weight excluding hydrogens is 380 g/mol. The van der Waals surface area contributed by atoms with Crippen molar-refractivity contribution in [3.63, 3.8) is 0 Å². The number of pyridine rings is 1. The van der Waals surface area contributed by atoms with Crippen molar-refractivity contribution in [1.82, 2.24) is 10.3 Å². The number of unbranched alkanes of at least 4 members (excludes halogenated alkanes) is 4. The summed E-state index contributed by atoms with van der Waals surface area (Å²) in [4.78, 5) is 4.59. The Bertz CT molecular complexity index is 383. The number of nitrogens with zero attached hydrogens (tertiary/aromatic N) is 1. The minimum atomic E-state index is 0.360. The first-order valence-corrected chi connectivity index (χ1v) is 9.32. The average Bonchev–Trinajstić information content (AvgIpc) is 2.43. The summed E-state index contributed by atoms with van der Waals surface area (Å²) in [7, 11) is 0. The Morgan fingerprint density at radius 2 is 1.85 bits per heavy atom. The molecule has 1 aromatic rings. The Morgan fingerprint density at radius 3 is 2.50 bits per heavy atom. The summed E-state index contributed by atoms with van der Waals surface area (Å²) in [5, 5.41) is 3.63. The molecule has 0 aromatic carbocycles. The predicted molar refractivity (Wildman–Crippen MR) is 94.0 cm³/mol. The molecule has 0 aliphatic carbocycles. The smallest absolute Gasteiger partial charge is 0.0715 e. The topological polar surface area (TPSA) is 24.9 Å². The van der Waals surface area contributed by atoms with Crippen molar-refractivity contribution in [2.45, 2.75) is 64.8 Å². The van der Waals surface area contributed by atoms with Gasteiger partial charge >= 0.3 is 0 Å². The van der Waals surface area contributed by atoms with Crippen LogP contribution < -0.4 is 5.32 Å². The van der Waals surface area contributed by atoms with E-state index in [0.717, 1.165) is 34.0 Å². The van der Waals surface area contributed by atoms with Crippen molar-refractivity contribution in [1.29, 1.82) is 0 Å². The molecular formula is C16H26Br2N2. The molecule has 0 aliphatic rings. The molecule has 0 spiro atoms. The van der Waals surface area contributed by atoms with E-state index in [1.54, 1.807) is 0 Å². The number of aromatic nitrogens is 1. The third kappa shape index (κ3) is 6.68. The first kappa shape index (κ1) is 18.1. The van der Waals surface area contributed by atoms with Gasteiger partial charge in [0, 0.05) is 15.1 Å². The molecule has 4 heteroatoms. The molecule has 0 amide bonds. The van der Waals surface area contributed by atoms with Crippen molar-refractivity contribution in [2.75, 3.05) is 6.54 Å². The zero-order valence-corrected chi connectivity index (χ0v) is 15.8. The highest BCUT2D eigenvalue weighted by molar-refractivity contribution is 9.11. The number of hydrogen-bond acceptors (Lipinski definition) is 2. The van der Waals surface area contributed by atoms with E-state index in [2.05, 4.69) is 62.1 Å². The molecule has 1 heterocycles. The molecule has 1 atom stereocenters. The van der Waals surface area contributed by atoms with Crippen LogP contribution in [0.1, 0.15) is 70.5 Å². The van der Waals surface area contributed by atoms with E-state index in [-0.39, 0.29) is 0 Å². The summed E-state index contributed by atoms with van der Waals surface area (Å²) < 4.78 is 2.11. The fourth-order valence-electron chi connectivity index (χ4n) is 2.29. The Kier molecular flexibility index (Phi) is 9.74. The molecule has 0 fully saturated rings. The molecule has 0 radical (unpaired) electrons. The van der Waals surface area contributed by atoms with Gasteiger partial charge in [0.15, 0.2) is 0 Å². The largest absolute Gasteiger partial charge is 0.309 e. The van der Waals surface area contributed by atoms with E-state index < -0.39 is 0 Å². The van der Waals surface area contributed by atoms with E-state index in [9.17, 15) is 0 Å². The number of nitrogens with one attached hydrogen (secondary N) is 1. The van der Waals surface area contributed by atoms with Crippen LogP contribution >= 0.6 is 31.9 Å². The van der Waals surface area contributed by atoms with Crippen molar-refractivity contribution in [2.24, 2.45) is 0 Å². The SMILES string of the molecule is CCCCCCCC(NCCC)c1ncc(Br)cc1Br. The number of halogens is 2. The maximum atomic E-state index is 4.59. The summed E-state index contributed by atoms with van der Waals surface area (Å²) in [6.07, 6.45) is 10.8. The van der Waals surface area contributed by atoms with Gasteiger partial charge in [-0.25, -0.2) is 0 Å². The maximum Gasteiger partial charge on any atom is 0.0715 e. The normalized spacial score (nSPS) is 12.6. The van der Waals surface area contributed by atoms with Crippen LogP contribution in [0.5, 0.6) is 0 Å². The van der Waals surface area contributed by atoms with Crippen LogP contribution in [0.2, 0.25) is 0 Å². The van der Waals surface area contributed by atoms with E-state index in [1.807, 2.05) is 6.20 Å². The average molecular weight is 406 g/mol. The van der Waals surface area contributed by atoms with Gasteiger partial charge in [0.2, 0.25) is 0 Å². The molecule has 0 saturated carbocycles. The second-order valence-corrected chi connectivity index (χ2v) is 7.00. The van der Waals surface area contributed by atoms with Gasteiger partial charge < -0.3 is 5.32 Å². The monoisotopic (exact) mass is 404 g/mol. The van der Waals surface area contributed by atoms with Crippen LogP contribution in [0.3, 0.4) is 0 Å².